The van der Waals surface area contributed by atoms with Crippen molar-refractivity contribution in [1.82, 2.24) is 0 Å². The largest absolute Gasteiger partial charge is 0.340 e. The topological polar surface area (TPSA) is 9.23 Å². The Morgan fingerprint density at radius 2 is 1.03 bits per heavy atom. The fourth-order valence-corrected chi connectivity index (χ4v) is 3.70. The SMILES string of the molecule is C#CC(OC(C#C)c1cc(C)ccc1C(C)(C)C)c1cc(C)ccc1C(C)(C)C. The zero-order chi connectivity index (χ0) is 22.0. The van der Waals surface area contributed by atoms with E-state index >= 15 is 0 Å². The minimum absolute atomic E-state index is 0.0486. The van der Waals surface area contributed by atoms with Crippen molar-refractivity contribution in [1.29, 1.82) is 0 Å². The highest BCUT2D eigenvalue weighted by atomic mass is 16.5. The summed E-state index contributed by atoms with van der Waals surface area (Å²) in [7, 11) is 0. The molecule has 0 heterocycles. The molecule has 1 heteroatoms. The van der Waals surface area contributed by atoms with Crippen molar-refractivity contribution in [2.24, 2.45) is 0 Å². The third kappa shape index (κ3) is 5.32. The smallest absolute Gasteiger partial charge is 0.145 e. The highest BCUT2D eigenvalue weighted by molar-refractivity contribution is 5.43. The normalized spacial score (nSPS) is 14.0. The first kappa shape index (κ1) is 22.8. The molecular formula is C28H34O. The monoisotopic (exact) mass is 386 g/mol. The molecule has 29 heavy (non-hydrogen) atoms. The lowest BCUT2D eigenvalue weighted by molar-refractivity contribution is 0.0496. The van der Waals surface area contributed by atoms with E-state index in [-0.39, 0.29) is 10.8 Å². The first-order chi connectivity index (χ1) is 13.4. The van der Waals surface area contributed by atoms with Gasteiger partial charge in [0.05, 0.1) is 0 Å². The number of aryl methyl sites for hydroxylation is 2. The molecule has 2 aromatic rings. The average Bonchev–Trinajstić information content (AvgIpc) is 2.60. The Balaban J connectivity index is 2.55. The van der Waals surface area contributed by atoms with E-state index in [1.54, 1.807) is 0 Å². The molecule has 0 saturated heterocycles. The van der Waals surface area contributed by atoms with Crippen molar-refractivity contribution in [3.63, 3.8) is 0 Å². The molecule has 0 aliphatic carbocycles. The number of terminal acetylenes is 2. The van der Waals surface area contributed by atoms with Gasteiger partial charge in [-0.2, -0.15) is 0 Å². The third-order valence-electron chi connectivity index (χ3n) is 5.17. The van der Waals surface area contributed by atoms with E-state index in [0.29, 0.717) is 0 Å². The Morgan fingerprint density at radius 1 is 0.690 bits per heavy atom. The second-order valence-corrected chi connectivity index (χ2v) is 9.91. The van der Waals surface area contributed by atoms with Gasteiger partial charge in [-0.1, -0.05) is 101 Å². The van der Waals surface area contributed by atoms with E-state index in [1.165, 1.54) is 11.1 Å². The summed E-state index contributed by atoms with van der Waals surface area (Å²) in [6, 6.07) is 12.8. The Morgan fingerprint density at radius 3 is 1.31 bits per heavy atom. The number of benzene rings is 2. The number of ether oxygens (including phenoxy) is 1. The van der Waals surface area contributed by atoms with Crippen LogP contribution in [0.5, 0.6) is 0 Å². The Kier molecular flexibility index (Phi) is 6.67. The van der Waals surface area contributed by atoms with Gasteiger partial charge in [-0.05, 0) is 46.9 Å². The maximum atomic E-state index is 6.43. The molecule has 2 aromatic carbocycles. The Bertz CT molecular complexity index is 872. The van der Waals surface area contributed by atoms with Crippen LogP contribution in [-0.2, 0) is 15.6 Å². The zero-order valence-electron chi connectivity index (χ0n) is 19.2. The number of hydrogen-bond donors (Lipinski definition) is 0. The van der Waals surface area contributed by atoms with Crippen LogP contribution < -0.4 is 0 Å². The lowest BCUT2D eigenvalue weighted by Crippen LogP contribution is -2.20. The average molecular weight is 387 g/mol. The maximum Gasteiger partial charge on any atom is 0.145 e. The summed E-state index contributed by atoms with van der Waals surface area (Å²) in [4.78, 5) is 0. The minimum atomic E-state index is -0.515. The second-order valence-electron chi connectivity index (χ2n) is 9.91. The van der Waals surface area contributed by atoms with Crippen LogP contribution in [0.1, 0.15) is 87.1 Å². The van der Waals surface area contributed by atoms with Crippen LogP contribution in [0, 0.1) is 38.5 Å². The van der Waals surface area contributed by atoms with Crippen molar-refractivity contribution < 1.29 is 4.74 Å². The highest BCUT2D eigenvalue weighted by Crippen LogP contribution is 2.37. The lowest BCUT2D eigenvalue weighted by Gasteiger charge is -2.29. The molecular weight excluding hydrogens is 352 g/mol. The zero-order valence-corrected chi connectivity index (χ0v) is 19.2. The van der Waals surface area contributed by atoms with Gasteiger partial charge < -0.3 is 4.74 Å². The molecule has 0 amide bonds. The standard InChI is InChI=1S/C28H34O/c1-11-25(21-17-19(3)13-15-23(21)27(5,6)7)29-26(12-2)22-18-20(4)14-16-24(22)28(8,9)10/h1-2,13-18,25-26H,3-10H3. The van der Waals surface area contributed by atoms with Gasteiger partial charge in [0.2, 0.25) is 0 Å². The van der Waals surface area contributed by atoms with E-state index in [4.69, 9.17) is 17.6 Å². The van der Waals surface area contributed by atoms with Crippen LogP contribution >= 0.6 is 0 Å². The molecule has 0 aromatic heterocycles. The summed E-state index contributed by atoms with van der Waals surface area (Å²) in [5, 5.41) is 0. The second kappa shape index (κ2) is 8.49. The van der Waals surface area contributed by atoms with E-state index in [9.17, 15) is 0 Å². The van der Waals surface area contributed by atoms with Gasteiger partial charge in [0.15, 0.2) is 0 Å². The van der Waals surface area contributed by atoms with Crippen LogP contribution in [0.3, 0.4) is 0 Å². The van der Waals surface area contributed by atoms with Crippen molar-refractivity contribution in [3.05, 3.63) is 69.8 Å². The first-order valence-corrected chi connectivity index (χ1v) is 10.2. The molecule has 0 N–H and O–H groups in total. The van der Waals surface area contributed by atoms with Crippen molar-refractivity contribution in [2.75, 3.05) is 0 Å². The van der Waals surface area contributed by atoms with Gasteiger partial charge in [0.1, 0.15) is 12.2 Å². The van der Waals surface area contributed by atoms with Crippen LogP contribution in [0.2, 0.25) is 0 Å². The van der Waals surface area contributed by atoms with Crippen LogP contribution in [-0.4, -0.2) is 0 Å². The summed E-state index contributed by atoms with van der Waals surface area (Å²) in [6.45, 7) is 17.3. The summed E-state index contributed by atoms with van der Waals surface area (Å²) < 4.78 is 6.43. The van der Waals surface area contributed by atoms with E-state index in [0.717, 1.165) is 22.3 Å². The fraction of sp³-hybridized carbons (Fsp3) is 0.429. The van der Waals surface area contributed by atoms with Crippen molar-refractivity contribution in [3.8, 4) is 24.7 Å². The minimum Gasteiger partial charge on any atom is -0.340 e. The molecule has 0 aliphatic heterocycles. The summed E-state index contributed by atoms with van der Waals surface area (Å²) in [5.74, 6) is 5.70. The maximum absolute atomic E-state index is 6.43. The van der Waals surface area contributed by atoms with E-state index < -0.39 is 12.2 Å². The van der Waals surface area contributed by atoms with E-state index in [2.05, 4.69) is 104 Å². The van der Waals surface area contributed by atoms with Gasteiger partial charge in [-0.25, -0.2) is 0 Å². The van der Waals surface area contributed by atoms with Gasteiger partial charge >= 0.3 is 0 Å². The Labute approximate surface area is 177 Å². The Hall–Kier alpha value is -2.48. The summed E-state index contributed by atoms with van der Waals surface area (Å²) >= 11 is 0. The number of rotatable bonds is 4. The van der Waals surface area contributed by atoms with Crippen LogP contribution in [0.4, 0.5) is 0 Å². The van der Waals surface area contributed by atoms with Gasteiger partial charge in [-0.3, -0.25) is 0 Å². The summed E-state index contributed by atoms with van der Waals surface area (Å²) in [6.07, 6.45) is 10.9. The molecule has 0 fully saturated rings. The predicted molar refractivity (Wildman–Crippen MR) is 124 cm³/mol. The third-order valence-corrected chi connectivity index (χ3v) is 5.17. The highest BCUT2D eigenvalue weighted by Gasteiger charge is 2.27. The van der Waals surface area contributed by atoms with Gasteiger partial charge in [0, 0.05) is 0 Å². The van der Waals surface area contributed by atoms with Crippen LogP contribution in [0.15, 0.2) is 36.4 Å². The molecule has 2 unspecified atom stereocenters. The van der Waals surface area contributed by atoms with Gasteiger partial charge in [-0.15, -0.1) is 12.8 Å². The van der Waals surface area contributed by atoms with Crippen molar-refractivity contribution in [2.45, 2.75) is 78.4 Å². The molecule has 0 bridgehead atoms. The van der Waals surface area contributed by atoms with Crippen LogP contribution in [0.25, 0.3) is 0 Å². The predicted octanol–water partition coefficient (Wildman–Crippen LogP) is 6.96. The molecule has 2 atom stereocenters. The molecule has 0 spiro atoms. The quantitative estimate of drug-likeness (QED) is 0.516. The molecule has 1 nitrogen and oxygen atoms in total. The fourth-order valence-electron chi connectivity index (χ4n) is 3.70. The number of hydrogen-bond acceptors (Lipinski definition) is 1. The van der Waals surface area contributed by atoms with E-state index in [1.807, 2.05) is 0 Å². The molecule has 152 valence electrons. The molecule has 0 radical (unpaired) electrons. The first-order valence-electron chi connectivity index (χ1n) is 10.2. The van der Waals surface area contributed by atoms with Gasteiger partial charge in [0.25, 0.3) is 0 Å². The molecule has 0 saturated carbocycles. The summed E-state index contributed by atoms with van der Waals surface area (Å²) in [5.41, 5.74) is 6.61. The lowest BCUT2D eigenvalue weighted by atomic mass is 9.81. The molecule has 2 rings (SSSR count). The van der Waals surface area contributed by atoms with Crippen molar-refractivity contribution >= 4 is 0 Å². The molecule has 0 aliphatic rings.